The van der Waals surface area contributed by atoms with Crippen molar-refractivity contribution in [2.24, 2.45) is 5.92 Å². The fourth-order valence-electron chi connectivity index (χ4n) is 2.68. The van der Waals surface area contributed by atoms with E-state index in [9.17, 15) is 4.79 Å². The van der Waals surface area contributed by atoms with Crippen molar-refractivity contribution in [2.75, 3.05) is 13.2 Å². The highest BCUT2D eigenvalue weighted by Gasteiger charge is 2.21. The molecule has 4 nitrogen and oxygen atoms in total. The number of hydrogen-bond acceptors (Lipinski definition) is 3. The molecule has 0 unspecified atom stereocenters. The molecule has 1 N–H and O–H groups in total. The lowest BCUT2D eigenvalue weighted by Crippen LogP contribution is -2.31. The highest BCUT2D eigenvalue weighted by atomic mass is 16.5. The number of aryl methyl sites for hydroxylation is 1. The van der Waals surface area contributed by atoms with Crippen LogP contribution in [0.2, 0.25) is 0 Å². The normalized spacial score (nSPS) is 22.7. The Morgan fingerprint density at radius 2 is 2.20 bits per heavy atom. The topological polar surface area (TPSA) is 51.5 Å². The largest absolute Gasteiger partial charge is 0.456 e. The van der Waals surface area contributed by atoms with Gasteiger partial charge in [0.1, 0.15) is 5.76 Å². The van der Waals surface area contributed by atoms with E-state index in [0.717, 1.165) is 18.6 Å². The van der Waals surface area contributed by atoms with E-state index in [4.69, 9.17) is 9.15 Å². The van der Waals surface area contributed by atoms with Gasteiger partial charge in [0.05, 0.1) is 12.7 Å². The number of amides is 1. The first kappa shape index (κ1) is 15.1. The van der Waals surface area contributed by atoms with Crippen LogP contribution in [0.1, 0.15) is 55.8 Å². The molecule has 1 aromatic heterocycles. The second-order valence-electron chi connectivity index (χ2n) is 5.55. The average Bonchev–Trinajstić information content (AvgIpc) is 2.94. The summed E-state index contributed by atoms with van der Waals surface area (Å²) in [6.45, 7) is 5.35. The Morgan fingerprint density at radius 1 is 1.40 bits per heavy atom. The number of rotatable bonds is 6. The maximum absolute atomic E-state index is 11.8. The lowest BCUT2D eigenvalue weighted by molar-refractivity contribution is -0.00300. The SMILES string of the molecule is CCc1ccc(C(=O)NCCO[C@@H]2CCCC[C@H]2C)o1. The van der Waals surface area contributed by atoms with Gasteiger partial charge >= 0.3 is 0 Å². The van der Waals surface area contributed by atoms with Gasteiger partial charge in [-0.3, -0.25) is 4.79 Å². The van der Waals surface area contributed by atoms with Gasteiger partial charge in [0, 0.05) is 13.0 Å². The minimum absolute atomic E-state index is 0.162. The quantitative estimate of drug-likeness (QED) is 0.814. The van der Waals surface area contributed by atoms with Gasteiger partial charge in [-0.15, -0.1) is 0 Å². The molecule has 2 atom stereocenters. The van der Waals surface area contributed by atoms with Gasteiger partial charge in [-0.05, 0) is 30.9 Å². The minimum Gasteiger partial charge on any atom is -0.456 e. The van der Waals surface area contributed by atoms with Gasteiger partial charge in [0.2, 0.25) is 0 Å². The number of carbonyl (C=O) groups is 1. The first-order valence-corrected chi connectivity index (χ1v) is 7.69. The summed E-state index contributed by atoms with van der Waals surface area (Å²) in [5.41, 5.74) is 0. The van der Waals surface area contributed by atoms with Gasteiger partial charge < -0.3 is 14.5 Å². The van der Waals surface area contributed by atoms with Gasteiger partial charge in [0.15, 0.2) is 5.76 Å². The molecule has 1 aromatic rings. The molecule has 20 heavy (non-hydrogen) atoms. The third-order valence-corrected chi connectivity index (χ3v) is 3.99. The number of ether oxygens (including phenoxy) is 1. The third kappa shape index (κ3) is 4.10. The highest BCUT2D eigenvalue weighted by molar-refractivity contribution is 5.91. The second-order valence-corrected chi connectivity index (χ2v) is 5.55. The van der Waals surface area contributed by atoms with E-state index in [2.05, 4.69) is 12.2 Å². The molecule has 1 heterocycles. The fourth-order valence-corrected chi connectivity index (χ4v) is 2.68. The first-order chi connectivity index (χ1) is 9.70. The zero-order valence-electron chi connectivity index (χ0n) is 12.5. The molecule has 0 saturated heterocycles. The summed E-state index contributed by atoms with van der Waals surface area (Å²) in [6.07, 6.45) is 6.13. The van der Waals surface area contributed by atoms with Crippen molar-refractivity contribution in [1.82, 2.24) is 5.32 Å². The predicted molar refractivity (Wildman–Crippen MR) is 77.8 cm³/mol. The minimum atomic E-state index is -0.162. The molecule has 1 fully saturated rings. The van der Waals surface area contributed by atoms with E-state index in [0.29, 0.717) is 30.9 Å². The summed E-state index contributed by atoms with van der Waals surface area (Å²) in [4.78, 5) is 11.8. The highest BCUT2D eigenvalue weighted by Crippen LogP contribution is 2.25. The maximum Gasteiger partial charge on any atom is 0.287 e. The number of hydrogen-bond donors (Lipinski definition) is 1. The first-order valence-electron chi connectivity index (χ1n) is 7.69. The van der Waals surface area contributed by atoms with Crippen molar-refractivity contribution in [3.63, 3.8) is 0 Å². The van der Waals surface area contributed by atoms with Crippen LogP contribution in [-0.4, -0.2) is 25.2 Å². The molecule has 1 amide bonds. The second kappa shape index (κ2) is 7.48. The Hall–Kier alpha value is -1.29. The molecule has 0 bridgehead atoms. The number of carbonyl (C=O) groups excluding carboxylic acids is 1. The molecule has 0 aliphatic heterocycles. The maximum atomic E-state index is 11.8. The van der Waals surface area contributed by atoms with Crippen LogP contribution in [0.15, 0.2) is 16.5 Å². The Labute approximate surface area is 120 Å². The average molecular weight is 279 g/mol. The molecule has 1 saturated carbocycles. The monoisotopic (exact) mass is 279 g/mol. The molecule has 0 radical (unpaired) electrons. The molecule has 1 aliphatic rings. The standard InChI is InChI=1S/C16H25NO3/c1-3-13-8-9-15(20-13)16(18)17-10-11-19-14-7-5-4-6-12(14)2/h8-9,12,14H,3-7,10-11H2,1-2H3,(H,17,18)/t12-,14-/m1/s1. The van der Waals surface area contributed by atoms with E-state index in [1.165, 1.54) is 19.3 Å². The van der Waals surface area contributed by atoms with Gasteiger partial charge in [-0.25, -0.2) is 0 Å². The van der Waals surface area contributed by atoms with Crippen LogP contribution in [0.3, 0.4) is 0 Å². The third-order valence-electron chi connectivity index (χ3n) is 3.99. The molecule has 4 heteroatoms. The van der Waals surface area contributed by atoms with Crippen LogP contribution in [0.25, 0.3) is 0 Å². The molecule has 112 valence electrons. The summed E-state index contributed by atoms with van der Waals surface area (Å²) < 4.78 is 11.3. The predicted octanol–water partition coefficient (Wildman–Crippen LogP) is 3.17. The summed E-state index contributed by atoms with van der Waals surface area (Å²) in [7, 11) is 0. The van der Waals surface area contributed by atoms with Gasteiger partial charge in [-0.2, -0.15) is 0 Å². The zero-order chi connectivity index (χ0) is 14.4. The number of furan rings is 1. The van der Waals surface area contributed by atoms with Crippen molar-refractivity contribution in [1.29, 1.82) is 0 Å². The number of nitrogens with one attached hydrogen (secondary N) is 1. The lowest BCUT2D eigenvalue weighted by Gasteiger charge is -2.28. The van der Waals surface area contributed by atoms with E-state index < -0.39 is 0 Å². The lowest BCUT2D eigenvalue weighted by atomic mass is 9.88. The van der Waals surface area contributed by atoms with Crippen molar-refractivity contribution < 1.29 is 13.9 Å². The van der Waals surface area contributed by atoms with Crippen molar-refractivity contribution >= 4 is 5.91 Å². The zero-order valence-corrected chi connectivity index (χ0v) is 12.5. The smallest absolute Gasteiger partial charge is 0.287 e. The van der Waals surface area contributed by atoms with Crippen LogP contribution in [0, 0.1) is 5.92 Å². The Morgan fingerprint density at radius 3 is 2.90 bits per heavy atom. The summed E-state index contributed by atoms with van der Waals surface area (Å²) in [5, 5.41) is 2.83. The van der Waals surface area contributed by atoms with E-state index in [1.54, 1.807) is 6.07 Å². The van der Waals surface area contributed by atoms with E-state index in [1.807, 2.05) is 13.0 Å². The molecular formula is C16H25NO3. The van der Waals surface area contributed by atoms with Crippen LogP contribution < -0.4 is 5.32 Å². The van der Waals surface area contributed by atoms with Crippen molar-refractivity contribution in [3.8, 4) is 0 Å². The Balaban J connectivity index is 1.66. The summed E-state index contributed by atoms with van der Waals surface area (Å²) in [6, 6.07) is 3.56. The Bertz CT molecular complexity index is 427. The van der Waals surface area contributed by atoms with Crippen molar-refractivity contribution in [3.05, 3.63) is 23.7 Å². The van der Waals surface area contributed by atoms with Crippen molar-refractivity contribution in [2.45, 2.75) is 52.1 Å². The summed E-state index contributed by atoms with van der Waals surface area (Å²) in [5.74, 6) is 1.69. The fraction of sp³-hybridized carbons (Fsp3) is 0.688. The van der Waals surface area contributed by atoms with Crippen LogP contribution in [-0.2, 0) is 11.2 Å². The summed E-state index contributed by atoms with van der Waals surface area (Å²) >= 11 is 0. The van der Waals surface area contributed by atoms with Gasteiger partial charge in [0.25, 0.3) is 5.91 Å². The van der Waals surface area contributed by atoms with E-state index >= 15 is 0 Å². The molecule has 0 aromatic carbocycles. The van der Waals surface area contributed by atoms with Crippen LogP contribution >= 0.6 is 0 Å². The molecular weight excluding hydrogens is 254 g/mol. The van der Waals surface area contributed by atoms with Gasteiger partial charge in [-0.1, -0.05) is 26.7 Å². The van der Waals surface area contributed by atoms with E-state index in [-0.39, 0.29) is 5.91 Å². The van der Waals surface area contributed by atoms with Crippen LogP contribution in [0.4, 0.5) is 0 Å². The van der Waals surface area contributed by atoms with Crippen LogP contribution in [0.5, 0.6) is 0 Å². The molecule has 2 rings (SSSR count). The Kier molecular flexibility index (Phi) is 5.65. The molecule has 0 spiro atoms. The molecule has 1 aliphatic carbocycles.